The van der Waals surface area contributed by atoms with Gasteiger partial charge in [-0.2, -0.15) is 0 Å². The molecule has 2 heterocycles. The molecule has 1 amide bonds. The number of rotatable bonds is 3. The molecule has 5 heteroatoms. The van der Waals surface area contributed by atoms with Gasteiger partial charge in [0, 0.05) is 0 Å². The Morgan fingerprint density at radius 1 is 1.35 bits per heavy atom. The number of primary amides is 1. The molecule has 1 fully saturated rings. The predicted octanol–water partition coefficient (Wildman–Crippen LogP) is 1.23. The number of likely N-dealkylation sites (tertiary alicyclic amines) is 1. The van der Waals surface area contributed by atoms with E-state index in [1.807, 2.05) is 4.90 Å². The van der Waals surface area contributed by atoms with Gasteiger partial charge in [0.1, 0.15) is 11.9 Å². The number of halogens is 1. The summed E-state index contributed by atoms with van der Waals surface area (Å²) in [5.41, 5.74) is 5.95. The summed E-state index contributed by atoms with van der Waals surface area (Å²) in [4.78, 5) is 17.5. The lowest BCUT2D eigenvalue weighted by atomic mass is 10.1. The third kappa shape index (κ3) is 2.79. The van der Waals surface area contributed by atoms with Gasteiger partial charge >= 0.3 is 0 Å². The summed E-state index contributed by atoms with van der Waals surface area (Å²) in [5, 5.41) is 0. The number of nitrogens with zero attached hydrogens (tertiary/aromatic N) is 2. The van der Waals surface area contributed by atoms with E-state index in [1.165, 1.54) is 18.6 Å². The molecule has 1 aliphatic rings. The minimum atomic E-state index is -0.532. The van der Waals surface area contributed by atoms with Crippen molar-refractivity contribution in [2.24, 2.45) is 5.73 Å². The molecule has 1 aromatic heterocycles. The first-order valence-corrected chi connectivity index (χ1v) is 5.83. The third-order valence-corrected chi connectivity index (χ3v) is 3.06. The van der Waals surface area contributed by atoms with Crippen molar-refractivity contribution < 1.29 is 9.18 Å². The molecule has 0 radical (unpaired) electrons. The second-order valence-electron chi connectivity index (χ2n) is 4.30. The van der Waals surface area contributed by atoms with E-state index in [9.17, 15) is 9.18 Å². The van der Waals surface area contributed by atoms with Crippen molar-refractivity contribution in [3.8, 4) is 0 Å². The van der Waals surface area contributed by atoms with Gasteiger partial charge in [0.2, 0.25) is 5.91 Å². The lowest BCUT2D eigenvalue weighted by Gasteiger charge is -2.32. The maximum atomic E-state index is 12.8. The van der Waals surface area contributed by atoms with Gasteiger partial charge in [-0.25, -0.2) is 4.39 Å². The lowest BCUT2D eigenvalue weighted by Crippen LogP contribution is -2.41. The first-order chi connectivity index (χ1) is 8.18. The average Bonchev–Trinajstić information content (AvgIpc) is 2.33. The van der Waals surface area contributed by atoms with E-state index in [-0.39, 0.29) is 0 Å². The minimum absolute atomic E-state index is 0.407. The van der Waals surface area contributed by atoms with Crippen LogP contribution in [-0.4, -0.2) is 28.9 Å². The summed E-state index contributed by atoms with van der Waals surface area (Å²) in [6.45, 7) is 1.68. The number of piperidine rings is 1. The van der Waals surface area contributed by atoms with Gasteiger partial charge in [0.05, 0.1) is 11.9 Å². The highest BCUT2D eigenvalue weighted by molar-refractivity contribution is 5.80. The van der Waals surface area contributed by atoms with E-state index < -0.39 is 17.8 Å². The van der Waals surface area contributed by atoms with E-state index in [1.54, 1.807) is 0 Å². The fourth-order valence-corrected chi connectivity index (χ4v) is 2.24. The molecule has 1 aliphatic heterocycles. The maximum absolute atomic E-state index is 12.8. The quantitative estimate of drug-likeness (QED) is 0.860. The van der Waals surface area contributed by atoms with E-state index in [0.717, 1.165) is 32.1 Å². The summed E-state index contributed by atoms with van der Waals surface area (Å²) < 4.78 is 12.8. The summed E-state index contributed by atoms with van der Waals surface area (Å²) >= 11 is 0. The first kappa shape index (κ1) is 12.0. The van der Waals surface area contributed by atoms with E-state index in [0.29, 0.717) is 5.69 Å². The van der Waals surface area contributed by atoms with E-state index in [2.05, 4.69) is 4.98 Å². The summed E-state index contributed by atoms with van der Waals surface area (Å²) in [6, 6.07) is 2.30. The molecule has 1 unspecified atom stereocenters. The standard InChI is InChI=1S/C12H16FN3O/c13-9-4-5-10(15-8-9)11(12(14)17)16-6-2-1-3-7-16/h4-5,8,11H,1-3,6-7H2,(H2,14,17). The SMILES string of the molecule is NC(=O)C(c1ccc(F)cn1)N1CCCCC1. The monoisotopic (exact) mass is 237 g/mol. The molecule has 1 atom stereocenters. The smallest absolute Gasteiger partial charge is 0.241 e. The van der Waals surface area contributed by atoms with Gasteiger partial charge in [0.15, 0.2) is 0 Å². The Morgan fingerprint density at radius 2 is 2.06 bits per heavy atom. The number of carbonyl (C=O) groups excluding carboxylic acids is 1. The molecule has 0 aromatic carbocycles. The zero-order valence-corrected chi connectivity index (χ0v) is 9.60. The van der Waals surface area contributed by atoms with Crippen LogP contribution in [0.5, 0.6) is 0 Å². The Bertz CT molecular complexity index is 387. The molecule has 0 spiro atoms. The van der Waals surface area contributed by atoms with Gasteiger partial charge in [0.25, 0.3) is 0 Å². The Balaban J connectivity index is 2.21. The Labute approximate surface area is 99.6 Å². The number of aromatic nitrogens is 1. The molecule has 2 N–H and O–H groups in total. The average molecular weight is 237 g/mol. The number of nitrogens with two attached hydrogens (primary N) is 1. The van der Waals surface area contributed by atoms with Crippen LogP contribution >= 0.6 is 0 Å². The van der Waals surface area contributed by atoms with Gasteiger partial charge in [-0.05, 0) is 38.1 Å². The molecule has 1 saturated heterocycles. The highest BCUT2D eigenvalue weighted by atomic mass is 19.1. The van der Waals surface area contributed by atoms with Crippen LogP contribution in [0.4, 0.5) is 4.39 Å². The number of hydrogen-bond donors (Lipinski definition) is 1. The zero-order valence-electron chi connectivity index (χ0n) is 9.60. The second-order valence-corrected chi connectivity index (χ2v) is 4.30. The Kier molecular flexibility index (Phi) is 3.68. The van der Waals surface area contributed by atoms with Crippen LogP contribution in [0.1, 0.15) is 31.0 Å². The second kappa shape index (κ2) is 5.23. The van der Waals surface area contributed by atoms with Crippen LogP contribution in [0.2, 0.25) is 0 Å². The molecule has 1 aromatic rings. The van der Waals surface area contributed by atoms with Crippen LogP contribution in [0.3, 0.4) is 0 Å². The highest BCUT2D eigenvalue weighted by Crippen LogP contribution is 2.22. The molecule has 0 aliphatic carbocycles. The molecule has 0 bridgehead atoms. The van der Waals surface area contributed by atoms with Crippen LogP contribution in [0, 0.1) is 5.82 Å². The Morgan fingerprint density at radius 3 is 2.59 bits per heavy atom. The van der Waals surface area contributed by atoms with Gasteiger partial charge in [-0.15, -0.1) is 0 Å². The van der Waals surface area contributed by atoms with Gasteiger partial charge < -0.3 is 5.73 Å². The first-order valence-electron chi connectivity index (χ1n) is 5.83. The summed E-state index contributed by atoms with van der Waals surface area (Å²) in [6.07, 6.45) is 4.42. The van der Waals surface area contributed by atoms with Gasteiger partial charge in [-0.1, -0.05) is 6.42 Å². The number of carbonyl (C=O) groups is 1. The molecular formula is C12H16FN3O. The predicted molar refractivity (Wildman–Crippen MR) is 61.6 cm³/mol. The number of hydrogen-bond acceptors (Lipinski definition) is 3. The maximum Gasteiger partial charge on any atom is 0.241 e. The molecular weight excluding hydrogens is 221 g/mol. The molecule has 2 rings (SSSR count). The number of pyridine rings is 1. The van der Waals surface area contributed by atoms with Crippen molar-refractivity contribution >= 4 is 5.91 Å². The largest absolute Gasteiger partial charge is 0.368 e. The zero-order chi connectivity index (χ0) is 12.3. The van der Waals surface area contributed by atoms with Crippen molar-refractivity contribution in [3.05, 3.63) is 29.8 Å². The number of amides is 1. The topological polar surface area (TPSA) is 59.2 Å². The van der Waals surface area contributed by atoms with Crippen LogP contribution < -0.4 is 5.73 Å². The van der Waals surface area contributed by atoms with Crippen molar-refractivity contribution in [1.82, 2.24) is 9.88 Å². The Hall–Kier alpha value is -1.49. The fraction of sp³-hybridized carbons (Fsp3) is 0.500. The third-order valence-electron chi connectivity index (χ3n) is 3.06. The summed E-state index contributed by atoms with van der Waals surface area (Å²) in [7, 11) is 0. The van der Waals surface area contributed by atoms with Crippen molar-refractivity contribution in [3.63, 3.8) is 0 Å². The van der Waals surface area contributed by atoms with Crippen molar-refractivity contribution in [1.29, 1.82) is 0 Å². The van der Waals surface area contributed by atoms with Crippen LogP contribution in [0.15, 0.2) is 18.3 Å². The van der Waals surface area contributed by atoms with E-state index >= 15 is 0 Å². The van der Waals surface area contributed by atoms with Crippen LogP contribution in [-0.2, 0) is 4.79 Å². The normalized spacial score (nSPS) is 18.9. The molecule has 17 heavy (non-hydrogen) atoms. The fourth-order valence-electron chi connectivity index (χ4n) is 2.24. The minimum Gasteiger partial charge on any atom is -0.368 e. The van der Waals surface area contributed by atoms with Crippen molar-refractivity contribution in [2.75, 3.05) is 13.1 Å². The van der Waals surface area contributed by atoms with E-state index in [4.69, 9.17) is 5.73 Å². The summed E-state index contributed by atoms with van der Waals surface area (Å²) in [5.74, 6) is -0.832. The van der Waals surface area contributed by atoms with Crippen LogP contribution in [0.25, 0.3) is 0 Å². The van der Waals surface area contributed by atoms with Crippen molar-refractivity contribution in [2.45, 2.75) is 25.3 Å². The molecule has 0 saturated carbocycles. The van der Waals surface area contributed by atoms with Gasteiger partial charge in [-0.3, -0.25) is 14.7 Å². The molecule has 4 nitrogen and oxygen atoms in total. The highest BCUT2D eigenvalue weighted by Gasteiger charge is 2.27. The lowest BCUT2D eigenvalue weighted by molar-refractivity contribution is -0.124. The molecule has 92 valence electrons.